The molecule has 1 saturated carbocycles. The van der Waals surface area contributed by atoms with Crippen LogP contribution in [-0.2, 0) is 4.79 Å². The van der Waals surface area contributed by atoms with Crippen molar-refractivity contribution in [1.82, 2.24) is 4.90 Å². The predicted molar refractivity (Wildman–Crippen MR) is 92.3 cm³/mol. The third-order valence-electron chi connectivity index (χ3n) is 5.05. The zero-order valence-corrected chi connectivity index (χ0v) is 14.3. The Kier molecular flexibility index (Phi) is 6.13. The molecule has 0 radical (unpaired) electrons. The normalized spacial score (nSPS) is 27.7. The highest BCUT2D eigenvalue weighted by atomic mass is 35.5. The van der Waals surface area contributed by atoms with Gasteiger partial charge in [-0.2, -0.15) is 0 Å². The van der Waals surface area contributed by atoms with Crippen LogP contribution < -0.4 is 5.73 Å². The summed E-state index contributed by atoms with van der Waals surface area (Å²) in [6.45, 7) is 1.50. The Labute approximate surface area is 143 Å². The predicted octanol–water partition coefficient (Wildman–Crippen LogP) is 3.80. The number of halogens is 2. The van der Waals surface area contributed by atoms with Gasteiger partial charge in [0.2, 0.25) is 5.91 Å². The molecule has 122 valence electrons. The minimum absolute atomic E-state index is 0. The maximum Gasteiger partial charge on any atom is 0.226 e. The smallest absolute Gasteiger partial charge is 0.226 e. The van der Waals surface area contributed by atoms with E-state index in [0.29, 0.717) is 18.4 Å². The number of benzene rings is 1. The molecule has 1 aromatic rings. The molecule has 1 saturated heterocycles. The van der Waals surface area contributed by atoms with Crippen LogP contribution in [0.25, 0.3) is 0 Å². The molecular weight excluding hydrogens is 319 g/mol. The third-order valence-corrected chi connectivity index (χ3v) is 5.28. The molecule has 3 rings (SSSR count). The summed E-state index contributed by atoms with van der Waals surface area (Å²) < 4.78 is 0. The number of nitrogens with two attached hydrogens (primary N) is 1. The molecule has 1 aromatic carbocycles. The highest BCUT2D eigenvalue weighted by Gasteiger charge is 2.39. The van der Waals surface area contributed by atoms with Gasteiger partial charge in [-0.1, -0.05) is 30.2 Å². The van der Waals surface area contributed by atoms with E-state index in [4.69, 9.17) is 17.3 Å². The van der Waals surface area contributed by atoms with Crippen molar-refractivity contribution in [3.63, 3.8) is 0 Å². The van der Waals surface area contributed by atoms with E-state index < -0.39 is 0 Å². The van der Waals surface area contributed by atoms with E-state index in [1.807, 2.05) is 18.2 Å². The van der Waals surface area contributed by atoms with Gasteiger partial charge in [-0.3, -0.25) is 4.79 Å². The van der Waals surface area contributed by atoms with Gasteiger partial charge in [-0.25, -0.2) is 0 Å². The topological polar surface area (TPSA) is 46.3 Å². The molecule has 22 heavy (non-hydrogen) atoms. The molecule has 5 heteroatoms. The summed E-state index contributed by atoms with van der Waals surface area (Å²) in [4.78, 5) is 15.0. The fraction of sp³-hybridized carbons (Fsp3) is 0.588. The number of carbonyl (C=O) groups excluding carboxylic acids is 1. The molecule has 2 N–H and O–H groups in total. The van der Waals surface area contributed by atoms with Crippen molar-refractivity contribution in [2.24, 2.45) is 17.6 Å². The number of carbonyl (C=O) groups is 1. The molecule has 1 unspecified atom stereocenters. The highest BCUT2D eigenvalue weighted by molar-refractivity contribution is 6.30. The molecule has 3 atom stereocenters. The highest BCUT2D eigenvalue weighted by Crippen LogP contribution is 2.38. The molecule has 3 nitrogen and oxygen atoms in total. The van der Waals surface area contributed by atoms with Crippen LogP contribution in [0.15, 0.2) is 24.3 Å². The van der Waals surface area contributed by atoms with Gasteiger partial charge >= 0.3 is 0 Å². The van der Waals surface area contributed by atoms with Gasteiger partial charge in [0.15, 0.2) is 0 Å². The van der Waals surface area contributed by atoms with Gasteiger partial charge < -0.3 is 10.6 Å². The first-order valence-electron chi connectivity index (χ1n) is 7.96. The summed E-state index contributed by atoms with van der Waals surface area (Å²) in [5.41, 5.74) is 7.00. The molecule has 1 amide bonds. The number of likely N-dealkylation sites (tertiary alicyclic amines) is 1. The lowest BCUT2D eigenvalue weighted by atomic mass is 9.94. The van der Waals surface area contributed by atoms with Crippen molar-refractivity contribution in [3.05, 3.63) is 34.9 Å². The SMILES string of the molecule is Cl.NC[C@H]1CCC[C@H]1C(=O)N1CCCC1c1cccc(Cl)c1. The molecule has 2 aliphatic rings. The molecule has 1 aliphatic carbocycles. The van der Waals surface area contributed by atoms with E-state index in [1.165, 1.54) is 0 Å². The lowest BCUT2D eigenvalue weighted by molar-refractivity contribution is -0.137. The van der Waals surface area contributed by atoms with Crippen LogP contribution in [0.5, 0.6) is 0 Å². The molecule has 1 aliphatic heterocycles. The monoisotopic (exact) mass is 342 g/mol. The zero-order chi connectivity index (χ0) is 14.8. The van der Waals surface area contributed by atoms with Crippen LogP contribution in [0.2, 0.25) is 5.02 Å². The maximum absolute atomic E-state index is 12.9. The third kappa shape index (κ3) is 3.42. The molecule has 0 aromatic heterocycles. The van der Waals surface area contributed by atoms with Crippen LogP contribution in [-0.4, -0.2) is 23.9 Å². The van der Waals surface area contributed by atoms with Crippen molar-refractivity contribution in [3.8, 4) is 0 Å². The van der Waals surface area contributed by atoms with E-state index in [1.54, 1.807) is 0 Å². The Hall–Kier alpha value is -0.770. The van der Waals surface area contributed by atoms with Gasteiger partial charge in [-0.15, -0.1) is 12.4 Å². The second-order valence-electron chi connectivity index (χ2n) is 6.28. The first-order chi connectivity index (χ1) is 10.2. The Morgan fingerprint density at radius 1 is 1.27 bits per heavy atom. The van der Waals surface area contributed by atoms with Gasteiger partial charge in [-0.05, 0) is 55.8 Å². The summed E-state index contributed by atoms with van der Waals surface area (Å²) >= 11 is 6.10. The minimum atomic E-state index is 0. The van der Waals surface area contributed by atoms with Crippen LogP contribution >= 0.6 is 24.0 Å². The second-order valence-corrected chi connectivity index (χ2v) is 6.71. The van der Waals surface area contributed by atoms with Crippen LogP contribution in [0.3, 0.4) is 0 Å². The van der Waals surface area contributed by atoms with Crippen LogP contribution in [0.1, 0.15) is 43.7 Å². The van der Waals surface area contributed by atoms with Crippen LogP contribution in [0, 0.1) is 11.8 Å². The van der Waals surface area contributed by atoms with Crippen molar-refractivity contribution in [2.45, 2.75) is 38.1 Å². The van der Waals surface area contributed by atoms with E-state index in [9.17, 15) is 4.79 Å². The Morgan fingerprint density at radius 3 is 2.82 bits per heavy atom. The van der Waals surface area contributed by atoms with Crippen molar-refractivity contribution in [1.29, 1.82) is 0 Å². The summed E-state index contributed by atoms with van der Waals surface area (Å²) in [6, 6.07) is 8.12. The summed E-state index contributed by atoms with van der Waals surface area (Å²) in [5.74, 6) is 0.818. The zero-order valence-electron chi connectivity index (χ0n) is 12.7. The Balaban J connectivity index is 0.00000176. The van der Waals surface area contributed by atoms with E-state index >= 15 is 0 Å². The first kappa shape index (κ1) is 17.6. The Bertz CT molecular complexity index is 523. The number of hydrogen-bond donors (Lipinski definition) is 1. The molecular formula is C17H24Cl2N2O. The lowest BCUT2D eigenvalue weighted by Crippen LogP contribution is -2.38. The lowest BCUT2D eigenvalue weighted by Gasteiger charge is -2.30. The van der Waals surface area contributed by atoms with Gasteiger partial charge in [0.05, 0.1) is 6.04 Å². The average molecular weight is 343 g/mol. The number of rotatable bonds is 3. The van der Waals surface area contributed by atoms with Crippen molar-refractivity contribution < 1.29 is 4.79 Å². The van der Waals surface area contributed by atoms with E-state index in [0.717, 1.165) is 49.2 Å². The van der Waals surface area contributed by atoms with Crippen molar-refractivity contribution >= 4 is 29.9 Å². The minimum Gasteiger partial charge on any atom is -0.335 e. The van der Waals surface area contributed by atoms with Gasteiger partial charge in [0, 0.05) is 17.5 Å². The standard InChI is InChI=1S/C17H23ClN2O.ClH/c18-14-6-1-4-12(10-14)16-8-3-9-20(16)17(21)15-7-2-5-13(15)11-19;/h1,4,6,10,13,15-16H,2-3,5,7-9,11,19H2;1H/t13-,15-,16?;/m1./s1. The molecule has 1 heterocycles. The average Bonchev–Trinajstić information content (AvgIpc) is 3.15. The summed E-state index contributed by atoms with van der Waals surface area (Å²) in [5, 5.41) is 0.743. The summed E-state index contributed by atoms with van der Waals surface area (Å²) in [7, 11) is 0. The number of amides is 1. The molecule has 2 fully saturated rings. The van der Waals surface area contributed by atoms with Gasteiger partial charge in [0.1, 0.15) is 0 Å². The molecule has 0 bridgehead atoms. The first-order valence-corrected chi connectivity index (χ1v) is 8.34. The van der Waals surface area contributed by atoms with Crippen LogP contribution in [0.4, 0.5) is 0 Å². The quantitative estimate of drug-likeness (QED) is 0.907. The molecule has 0 spiro atoms. The van der Waals surface area contributed by atoms with E-state index in [-0.39, 0.29) is 24.4 Å². The summed E-state index contributed by atoms with van der Waals surface area (Å²) in [6.07, 6.45) is 5.34. The fourth-order valence-electron chi connectivity index (χ4n) is 3.95. The Morgan fingerprint density at radius 2 is 2.09 bits per heavy atom. The fourth-order valence-corrected chi connectivity index (χ4v) is 4.15. The number of nitrogens with zero attached hydrogens (tertiary/aromatic N) is 1. The van der Waals surface area contributed by atoms with E-state index in [2.05, 4.69) is 11.0 Å². The second kappa shape index (κ2) is 7.67. The largest absolute Gasteiger partial charge is 0.335 e. The number of hydrogen-bond acceptors (Lipinski definition) is 2. The van der Waals surface area contributed by atoms with Gasteiger partial charge in [0.25, 0.3) is 0 Å². The van der Waals surface area contributed by atoms with Crippen molar-refractivity contribution in [2.75, 3.05) is 13.1 Å². The maximum atomic E-state index is 12.9.